The highest BCUT2D eigenvalue weighted by molar-refractivity contribution is 6.07. The van der Waals surface area contributed by atoms with Crippen LogP contribution in [0.15, 0.2) is 24.3 Å². The summed E-state index contributed by atoms with van der Waals surface area (Å²) >= 11 is 0. The molecule has 0 amide bonds. The normalized spacial score (nSPS) is 17.9. The van der Waals surface area contributed by atoms with Crippen molar-refractivity contribution in [3.05, 3.63) is 30.0 Å². The number of Topliss-reactive ketones (excluding diaryl/α,β-unsaturated/α-hetero) is 1. The van der Waals surface area contributed by atoms with E-state index >= 15 is 0 Å². The van der Waals surface area contributed by atoms with Crippen LogP contribution < -0.4 is 0 Å². The minimum atomic E-state index is 0.0921. The topological polar surface area (TPSA) is 44.1 Å². The van der Waals surface area contributed by atoms with Crippen LogP contribution in [-0.2, 0) is 11.3 Å². The molecule has 1 aromatic heterocycles. The van der Waals surface area contributed by atoms with Gasteiger partial charge in [0, 0.05) is 17.9 Å². The molecule has 1 aliphatic rings. The molecule has 24 heavy (non-hydrogen) atoms. The van der Waals surface area contributed by atoms with Gasteiger partial charge in [0.15, 0.2) is 5.78 Å². The summed E-state index contributed by atoms with van der Waals surface area (Å²) in [4.78, 5) is 13.1. The molecule has 3 rings (SSSR count). The zero-order valence-corrected chi connectivity index (χ0v) is 14.8. The summed E-state index contributed by atoms with van der Waals surface area (Å²) in [5, 5.41) is 5.71. The number of rotatable bonds is 8. The van der Waals surface area contributed by atoms with Gasteiger partial charge >= 0.3 is 0 Å². The van der Waals surface area contributed by atoms with Gasteiger partial charge in [-0.3, -0.25) is 9.48 Å². The van der Waals surface area contributed by atoms with Crippen molar-refractivity contribution >= 4 is 16.7 Å². The maximum Gasteiger partial charge on any atom is 0.186 e. The Morgan fingerprint density at radius 3 is 2.71 bits per heavy atom. The molecule has 1 atom stereocenters. The standard InChI is InChI=1S/C20H28N2O2/c1-3-8-15(9-4-2)20(23)19-17-11-5-6-12-18(17)22(21-19)14-16-10-7-13-24-16/h5-6,11-12,15-16H,3-4,7-10,13-14H2,1-2H3. The molecule has 4 heteroatoms. The van der Waals surface area contributed by atoms with Crippen LogP contribution in [0.5, 0.6) is 0 Å². The van der Waals surface area contributed by atoms with Gasteiger partial charge in [-0.25, -0.2) is 0 Å². The molecule has 1 fully saturated rings. The van der Waals surface area contributed by atoms with Crippen molar-refractivity contribution in [1.82, 2.24) is 9.78 Å². The smallest absolute Gasteiger partial charge is 0.186 e. The first-order chi connectivity index (χ1) is 11.7. The number of para-hydroxylation sites is 1. The summed E-state index contributed by atoms with van der Waals surface area (Å²) in [5.74, 6) is 0.301. The van der Waals surface area contributed by atoms with E-state index in [-0.39, 0.29) is 17.8 Å². The van der Waals surface area contributed by atoms with Gasteiger partial charge in [-0.1, -0.05) is 44.9 Å². The Balaban J connectivity index is 1.93. The van der Waals surface area contributed by atoms with Gasteiger partial charge in [-0.15, -0.1) is 0 Å². The first-order valence-corrected chi connectivity index (χ1v) is 9.36. The van der Waals surface area contributed by atoms with E-state index in [1.807, 2.05) is 22.9 Å². The third-order valence-electron chi connectivity index (χ3n) is 4.94. The van der Waals surface area contributed by atoms with E-state index in [1.165, 1.54) is 0 Å². The van der Waals surface area contributed by atoms with E-state index in [9.17, 15) is 4.79 Å². The molecule has 1 aromatic carbocycles. The first kappa shape index (κ1) is 17.2. The molecule has 0 N–H and O–H groups in total. The van der Waals surface area contributed by atoms with Crippen LogP contribution in [0.3, 0.4) is 0 Å². The van der Waals surface area contributed by atoms with E-state index in [2.05, 4.69) is 19.9 Å². The number of nitrogens with zero attached hydrogens (tertiary/aromatic N) is 2. The van der Waals surface area contributed by atoms with E-state index in [4.69, 9.17) is 9.84 Å². The van der Waals surface area contributed by atoms with Gasteiger partial charge in [0.25, 0.3) is 0 Å². The Morgan fingerprint density at radius 2 is 2.04 bits per heavy atom. The van der Waals surface area contributed by atoms with Crippen molar-refractivity contribution in [3.8, 4) is 0 Å². The molecule has 1 unspecified atom stereocenters. The van der Waals surface area contributed by atoms with E-state index in [0.29, 0.717) is 5.69 Å². The SMILES string of the molecule is CCCC(CCC)C(=O)c1nn(CC2CCCO2)c2ccccc12. The summed E-state index contributed by atoms with van der Waals surface area (Å²) in [6.07, 6.45) is 6.37. The molecule has 2 aromatic rings. The Hall–Kier alpha value is -1.68. The zero-order chi connectivity index (χ0) is 16.9. The second-order valence-corrected chi connectivity index (χ2v) is 6.82. The molecular weight excluding hydrogens is 300 g/mol. The molecule has 0 spiro atoms. The highest BCUT2D eigenvalue weighted by atomic mass is 16.5. The van der Waals surface area contributed by atoms with Gasteiger partial charge in [0.1, 0.15) is 5.69 Å². The molecule has 1 aliphatic heterocycles. The Kier molecular flexibility index (Phi) is 5.67. The van der Waals surface area contributed by atoms with Crippen LogP contribution >= 0.6 is 0 Å². The first-order valence-electron chi connectivity index (χ1n) is 9.36. The molecule has 4 nitrogen and oxygen atoms in total. The quantitative estimate of drug-likeness (QED) is 0.664. The average molecular weight is 328 g/mol. The maximum absolute atomic E-state index is 13.1. The minimum Gasteiger partial charge on any atom is -0.376 e. The van der Waals surface area contributed by atoms with Crippen LogP contribution in [-0.4, -0.2) is 28.3 Å². The third-order valence-corrected chi connectivity index (χ3v) is 4.94. The van der Waals surface area contributed by atoms with Crippen molar-refractivity contribution in [2.24, 2.45) is 5.92 Å². The summed E-state index contributed by atoms with van der Waals surface area (Å²) in [5.41, 5.74) is 1.69. The second-order valence-electron chi connectivity index (χ2n) is 6.82. The number of carbonyl (C=O) groups is 1. The van der Waals surface area contributed by atoms with Crippen molar-refractivity contribution in [2.45, 2.75) is 65.0 Å². The van der Waals surface area contributed by atoms with Crippen molar-refractivity contribution in [1.29, 1.82) is 0 Å². The lowest BCUT2D eigenvalue weighted by Gasteiger charge is -2.12. The molecule has 1 saturated heterocycles. The minimum absolute atomic E-state index is 0.0921. The molecule has 130 valence electrons. The summed E-state index contributed by atoms with van der Waals surface area (Å²) in [7, 11) is 0. The van der Waals surface area contributed by atoms with Gasteiger partial charge < -0.3 is 4.74 Å². The molecule has 2 heterocycles. The predicted octanol–water partition coefficient (Wildman–Crippen LogP) is 4.61. The number of benzene rings is 1. The van der Waals surface area contributed by atoms with E-state index in [0.717, 1.165) is 62.6 Å². The molecule has 0 aliphatic carbocycles. The third kappa shape index (κ3) is 3.54. The fraction of sp³-hybridized carbons (Fsp3) is 0.600. The average Bonchev–Trinajstić information content (AvgIpc) is 3.23. The Labute approximate surface area is 144 Å². The maximum atomic E-state index is 13.1. The van der Waals surface area contributed by atoms with Crippen LogP contribution in [0.2, 0.25) is 0 Å². The van der Waals surface area contributed by atoms with Crippen molar-refractivity contribution in [2.75, 3.05) is 6.61 Å². The van der Waals surface area contributed by atoms with Gasteiger partial charge in [0.2, 0.25) is 0 Å². The largest absolute Gasteiger partial charge is 0.376 e. The Morgan fingerprint density at radius 1 is 1.29 bits per heavy atom. The van der Waals surface area contributed by atoms with Crippen LogP contribution in [0.1, 0.15) is 62.9 Å². The number of ketones is 1. The zero-order valence-electron chi connectivity index (χ0n) is 14.8. The van der Waals surface area contributed by atoms with Gasteiger partial charge in [-0.2, -0.15) is 5.10 Å². The van der Waals surface area contributed by atoms with Crippen molar-refractivity contribution in [3.63, 3.8) is 0 Å². The van der Waals surface area contributed by atoms with Crippen LogP contribution in [0.4, 0.5) is 0 Å². The number of hydrogen-bond acceptors (Lipinski definition) is 3. The lowest BCUT2D eigenvalue weighted by Crippen LogP contribution is -2.18. The van der Waals surface area contributed by atoms with Crippen LogP contribution in [0, 0.1) is 5.92 Å². The predicted molar refractivity (Wildman–Crippen MR) is 96.3 cm³/mol. The van der Waals surface area contributed by atoms with E-state index in [1.54, 1.807) is 0 Å². The molecule has 0 saturated carbocycles. The Bertz CT molecular complexity index is 680. The van der Waals surface area contributed by atoms with Crippen molar-refractivity contribution < 1.29 is 9.53 Å². The fourth-order valence-electron chi connectivity index (χ4n) is 3.73. The highest BCUT2D eigenvalue weighted by Gasteiger charge is 2.25. The molecular formula is C20H28N2O2. The lowest BCUT2D eigenvalue weighted by molar-refractivity contribution is 0.0886. The van der Waals surface area contributed by atoms with Gasteiger partial charge in [0.05, 0.1) is 18.2 Å². The van der Waals surface area contributed by atoms with E-state index < -0.39 is 0 Å². The molecule has 0 radical (unpaired) electrons. The number of ether oxygens (including phenoxy) is 1. The number of fused-ring (bicyclic) bond motifs is 1. The highest BCUT2D eigenvalue weighted by Crippen LogP contribution is 2.26. The summed E-state index contributed by atoms with van der Waals surface area (Å²) in [6, 6.07) is 8.09. The summed E-state index contributed by atoms with van der Waals surface area (Å²) < 4.78 is 7.73. The number of carbonyl (C=O) groups excluding carboxylic acids is 1. The number of aromatic nitrogens is 2. The lowest BCUT2D eigenvalue weighted by atomic mass is 9.91. The summed E-state index contributed by atoms with van der Waals surface area (Å²) in [6.45, 7) is 5.86. The monoisotopic (exact) mass is 328 g/mol. The second kappa shape index (κ2) is 7.93. The fourth-order valence-corrected chi connectivity index (χ4v) is 3.73. The van der Waals surface area contributed by atoms with Crippen LogP contribution in [0.25, 0.3) is 10.9 Å². The van der Waals surface area contributed by atoms with Gasteiger partial charge in [-0.05, 0) is 31.7 Å². The molecule has 0 bridgehead atoms. The number of hydrogen-bond donors (Lipinski definition) is 0.